The molecule has 1 aromatic heterocycles. The van der Waals surface area contributed by atoms with E-state index in [9.17, 15) is 4.79 Å². The number of carbonyl (C=O) groups is 1. The summed E-state index contributed by atoms with van der Waals surface area (Å²) in [4.78, 5) is 16.5. The molecule has 0 bridgehead atoms. The summed E-state index contributed by atoms with van der Waals surface area (Å²) in [5.41, 5.74) is 14.3. The number of amides is 1. The van der Waals surface area contributed by atoms with Crippen molar-refractivity contribution in [1.82, 2.24) is 4.98 Å². The number of nitrogen functional groups attached to an aromatic ring is 2. The fraction of sp³-hybridized carbons (Fsp3) is 0. The van der Waals surface area contributed by atoms with Gasteiger partial charge in [-0.1, -0.05) is 6.07 Å². The number of nitrogens with two attached hydrogens (primary N) is 2. The largest absolute Gasteiger partial charge is 0.399 e. The van der Waals surface area contributed by atoms with Crippen LogP contribution >= 0.6 is 0 Å². The Balaban J connectivity index is 1.89. The van der Waals surface area contributed by atoms with Gasteiger partial charge in [-0.15, -0.1) is 0 Å². The SMILES string of the molecule is Nc1ccc(C(=O)Nc2ccc3ncccc3c2)c(N)c1. The molecule has 104 valence electrons. The van der Waals surface area contributed by atoms with E-state index in [-0.39, 0.29) is 5.91 Å². The molecule has 0 atom stereocenters. The van der Waals surface area contributed by atoms with E-state index in [1.807, 2.05) is 24.3 Å². The third-order valence-corrected chi connectivity index (χ3v) is 3.18. The Morgan fingerprint density at radius 2 is 1.90 bits per heavy atom. The van der Waals surface area contributed by atoms with Gasteiger partial charge in [0.15, 0.2) is 0 Å². The summed E-state index contributed by atoms with van der Waals surface area (Å²) in [6, 6.07) is 14.2. The molecule has 0 unspecified atom stereocenters. The molecular formula is C16H14N4O. The fourth-order valence-corrected chi connectivity index (χ4v) is 2.14. The fourth-order valence-electron chi connectivity index (χ4n) is 2.14. The number of hydrogen-bond donors (Lipinski definition) is 3. The second kappa shape index (κ2) is 5.13. The van der Waals surface area contributed by atoms with E-state index in [1.165, 1.54) is 0 Å². The second-order valence-corrected chi connectivity index (χ2v) is 4.71. The van der Waals surface area contributed by atoms with Crippen LogP contribution in [0.4, 0.5) is 17.1 Å². The van der Waals surface area contributed by atoms with Crippen LogP contribution in [0.2, 0.25) is 0 Å². The lowest BCUT2D eigenvalue weighted by Gasteiger charge is -2.09. The number of fused-ring (bicyclic) bond motifs is 1. The lowest BCUT2D eigenvalue weighted by molar-refractivity contribution is 0.102. The molecule has 0 fully saturated rings. The molecular weight excluding hydrogens is 264 g/mol. The monoisotopic (exact) mass is 278 g/mol. The summed E-state index contributed by atoms with van der Waals surface area (Å²) >= 11 is 0. The highest BCUT2D eigenvalue weighted by molar-refractivity contribution is 6.08. The Morgan fingerprint density at radius 3 is 2.71 bits per heavy atom. The van der Waals surface area contributed by atoms with Gasteiger partial charge in [0.25, 0.3) is 5.91 Å². The van der Waals surface area contributed by atoms with Crippen molar-refractivity contribution in [3.63, 3.8) is 0 Å². The standard InChI is InChI=1S/C16H14N4O/c17-11-3-5-13(14(18)9-11)16(21)20-12-4-6-15-10(8-12)2-1-7-19-15/h1-9H,17-18H2,(H,20,21). The zero-order valence-corrected chi connectivity index (χ0v) is 11.2. The molecule has 0 spiro atoms. The highest BCUT2D eigenvalue weighted by atomic mass is 16.1. The Bertz CT molecular complexity index is 829. The van der Waals surface area contributed by atoms with E-state index in [2.05, 4.69) is 10.3 Å². The molecule has 0 aliphatic rings. The van der Waals surface area contributed by atoms with Crippen LogP contribution in [0.3, 0.4) is 0 Å². The smallest absolute Gasteiger partial charge is 0.257 e. The minimum atomic E-state index is -0.268. The predicted molar refractivity (Wildman–Crippen MR) is 85.0 cm³/mol. The molecule has 3 aromatic rings. The average molecular weight is 278 g/mol. The first-order valence-corrected chi connectivity index (χ1v) is 6.44. The van der Waals surface area contributed by atoms with Gasteiger partial charge in [-0.05, 0) is 42.5 Å². The number of hydrogen-bond acceptors (Lipinski definition) is 4. The van der Waals surface area contributed by atoms with E-state index in [4.69, 9.17) is 11.5 Å². The van der Waals surface area contributed by atoms with Crippen molar-refractivity contribution in [2.24, 2.45) is 0 Å². The lowest BCUT2D eigenvalue weighted by Crippen LogP contribution is -2.14. The van der Waals surface area contributed by atoms with Crippen LogP contribution in [0.25, 0.3) is 10.9 Å². The van der Waals surface area contributed by atoms with Gasteiger partial charge in [-0.3, -0.25) is 9.78 Å². The third kappa shape index (κ3) is 2.62. The summed E-state index contributed by atoms with van der Waals surface area (Å²) < 4.78 is 0. The lowest BCUT2D eigenvalue weighted by atomic mass is 10.1. The number of carbonyl (C=O) groups excluding carboxylic acids is 1. The summed E-state index contributed by atoms with van der Waals surface area (Å²) in [5, 5.41) is 3.78. The molecule has 1 heterocycles. The molecule has 3 rings (SSSR count). The molecule has 5 nitrogen and oxygen atoms in total. The number of rotatable bonds is 2. The van der Waals surface area contributed by atoms with Crippen LogP contribution < -0.4 is 16.8 Å². The first-order chi connectivity index (χ1) is 10.1. The van der Waals surface area contributed by atoms with Crippen LogP contribution in [-0.2, 0) is 0 Å². The molecule has 1 amide bonds. The molecule has 2 aromatic carbocycles. The van der Waals surface area contributed by atoms with Gasteiger partial charge in [0.2, 0.25) is 0 Å². The highest BCUT2D eigenvalue weighted by Crippen LogP contribution is 2.20. The molecule has 0 aliphatic carbocycles. The second-order valence-electron chi connectivity index (χ2n) is 4.71. The minimum absolute atomic E-state index is 0.268. The predicted octanol–water partition coefficient (Wildman–Crippen LogP) is 2.65. The number of nitrogens with zero attached hydrogens (tertiary/aromatic N) is 1. The van der Waals surface area contributed by atoms with E-state index >= 15 is 0 Å². The topological polar surface area (TPSA) is 94.0 Å². The van der Waals surface area contributed by atoms with Gasteiger partial charge in [0.1, 0.15) is 0 Å². The first kappa shape index (κ1) is 12.9. The maximum absolute atomic E-state index is 12.2. The molecule has 0 saturated heterocycles. The van der Waals surface area contributed by atoms with Gasteiger partial charge < -0.3 is 16.8 Å². The zero-order chi connectivity index (χ0) is 14.8. The average Bonchev–Trinajstić information content (AvgIpc) is 2.47. The minimum Gasteiger partial charge on any atom is -0.399 e. The number of nitrogens with one attached hydrogen (secondary N) is 1. The van der Waals surface area contributed by atoms with Crippen molar-refractivity contribution < 1.29 is 4.79 Å². The zero-order valence-electron chi connectivity index (χ0n) is 11.2. The Kier molecular flexibility index (Phi) is 3.16. The maximum atomic E-state index is 12.2. The van der Waals surface area contributed by atoms with Gasteiger partial charge in [-0.25, -0.2) is 0 Å². The maximum Gasteiger partial charge on any atom is 0.257 e. The number of anilines is 3. The Labute approximate surface area is 121 Å². The van der Waals surface area contributed by atoms with Gasteiger partial charge >= 0.3 is 0 Å². The van der Waals surface area contributed by atoms with Crippen LogP contribution in [0.1, 0.15) is 10.4 Å². The van der Waals surface area contributed by atoms with Gasteiger partial charge in [-0.2, -0.15) is 0 Å². The number of benzene rings is 2. The summed E-state index contributed by atoms with van der Waals surface area (Å²) in [6.07, 6.45) is 1.73. The van der Waals surface area contributed by atoms with Crippen molar-refractivity contribution in [2.75, 3.05) is 16.8 Å². The Morgan fingerprint density at radius 1 is 1.05 bits per heavy atom. The van der Waals surface area contributed by atoms with Crippen molar-refractivity contribution in [1.29, 1.82) is 0 Å². The van der Waals surface area contributed by atoms with Crippen LogP contribution in [-0.4, -0.2) is 10.9 Å². The van der Waals surface area contributed by atoms with Crippen molar-refractivity contribution in [3.8, 4) is 0 Å². The van der Waals surface area contributed by atoms with E-state index in [0.29, 0.717) is 22.6 Å². The van der Waals surface area contributed by atoms with E-state index in [0.717, 1.165) is 10.9 Å². The van der Waals surface area contributed by atoms with Crippen molar-refractivity contribution in [3.05, 3.63) is 60.3 Å². The normalized spacial score (nSPS) is 10.5. The molecule has 21 heavy (non-hydrogen) atoms. The number of aromatic nitrogens is 1. The molecule has 5 heteroatoms. The van der Waals surface area contributed by atoms with Crippen LogP contribution in [0.5, 0.6) is 0 Å². The van der Waals surface area contributed by atoms with E-state index < -0.39 is 0 Å². The molecule has 5 N–H and O–H groups in total. The van der Waals surface area contributed by atoms with Gasteiger partial charge in [0, 0.05) is 28.6 Å². The van der Waals surface area contributed by atoms with Gasteiger partial charge in [0.05, 0.1) is 11.1 Å². The molecule has 0 aliphatic heterocycles. The first-order valence-electron chi connectivity index (χ1n) is 6.44. The highest BCUT2D eigenvalue weighted by Gasteiger charge is 2.10. The van der Waals surface area contributed by atoms with Crippen molar-refractivity contribution >= 4 is 33.9 Å². The molecule has 0 radical (unpaired) electrons. The Hall–Kier alpha value is -3.08. The van der Waals surface area contributed by atoms with Crippen LogP contribution in [0, 0.1) is 0 Å². The quantitative estimate of drug-likeness (QED) is 0.628. The van der Waals surface area contributed by atoms with E-state index in [1.54, 1.807) is 30.5 Å². The third-order valence-electron chi connectivity index (χ3n) is 3.18. The summed E-state index contributed by atoms with van der Waals surface area (Å²) in [7, 11) is 0. The number of pyridine rings is 1. The molecule has 0 saturated carbocycles. The van der Waals surface area contributed by atoms with Crippen LogP contribution in [0.15, 0.2) is 54.7 Å². The summed E-state index contributed by atoms with van der Waals surface area (Å²) in [6.45, 7) is 0. The summed E-state index contributed by atoms with van der Waals surface area (Å²) in [5.74, 6) is -0.268. The van der Waals surface area contributed by atoms with Crippen molar-refractivity contribution in [2.45, 2.75) is 0 Å².